The molecule has 0 saturated heterocycles. The minimum absolute atomic E-state index is 0.179. The van der Waals surface area contributed by atoms with Crippen LogP contribution in [0.15, 0.2) is 95.7 Å². The van der Waals surface area contributed by atoms with Crippen LogP contribution in [0.4, 0.5) is 5.69 Å². The molecule has 2 aromatic carbocycles. The quantitative estimate of drug-likeness (QED) is 0.362. The Hall–Kier alpha value is -4.10. The van der Waals surface area contributed by atoms with Gasteiger partial charge in [0, 0.05) is 18.0 Å². The van der Waals surface area contributed by atoms with Crippen molar-refractivity contribution in [1.82, 2.24) is 10.4 Å². The SMILES string of the molecule is O=C(N/N=C/c1ccncc1)c1scc2c1NC(=O)C2(c1ccccc1)c1ccccc1. The molecule has 0 bridgehead atoms. The third-order valence-electron chi connectivity index (χ3n) is 5.48. The number of hydrogen-bond donors (Lipinski definition) is 2. The van der Waals surface area contributed by atoms with E-state index in [1.807, 2.05) is 66.0 Å². The smallest absolute Gasteiger partial charge is 0.283 e. The lowest BCUT2D eigenvalue weighted by Crippen LogP contribution is -2.36. The van der Waals surface area contributed by atoms with Gasteiger partial charge in [-0.3, -0.25) is 14.6 Å². The summed E-state index contributed by atoms with van der Waals surface area (Å²) in [6.45, 7) is 0. The average Bonchev–Trinajstić information content (AvgIpc) is 3.38. The van der Waals surface area contributed by atoms with Crippen molar-refractivity contribution >= 4 is 35.1 Å². The molecule has 1 aliphatic rings. The first-order chi connectivity index (χ1) is 15.7. The largest absolute Gasteiger partial charge is 0.323 e. The third kappa shape index (κ3) is 3.19. The Labute approximate surface area is 188 Å². The molecule has 0 unspecified atom stereocenters. The van der Waals surface area contributed by atoms with Gasteiger partial charge in [-0.25, -0.2) is 5.43 Å². The van der Waals surface area contributed by atoms with Gasteiger partial charge in [-0.15, -0.1) is 11.3 Å². The van der Waals surface area contributed by atoms with Gasteiger partial charge < -0.3 is 5.32 Å². The Balaban J connectivity index is 1.54. The van der Waals surface area contributed by atoms with Crippen LogP contribution < -0.4 is 10.7 Å². The topological polar surface area (TPSA) is 83.4 Å². The van der Waals surface area contributed by atoms with Gasteiger partial charge in [0.15, 0.2) is 0 Å². The van der Waals surface area contributed by atoms with E-state index < -0.39 is 5.41 Å². The molecule has 0 fully saturated rings. The van der Waals surface area contributed by atoms with Gasteiger partial charge in [0.1, 0.15) is 10.3 Å². The van der Waals surface area contributed by atoms with Gasteiger partial charge in [0.25, 0.3) is 5.91 Å². The van der Waals surface area contributed by atoms with Gasteiger partial charge in [-0.2, -0.15) is 5.10 Å². The van der Waals surface area contributed by atoms with Crippen LogP contribution in [0.3, 0.4) is 0 Å². The number of nitrogens with zero attached hydrogens (tertiary/aromatic N) is 2. The van der Waals surface area contributed by atoms with Crippen LogP contribution in [0.5, 0.6) is 0 Å². The van der Waals surface area contributed by atoms with Crippen molar-refractivity contribution in [2.24, 2.45) is 5.10 Å². The van der Waals surface area contributed by atoms with Crippen molar-refractivity contribution in [3.63, 3.8) is 0 Å². The molecule has 2 N–H and O–H groups in total. The maximum absolute atomic E-state index is 13.5. The minimum atomic E-state index is -1.02. The van der Waals surface area contributed by atoms with Crippen LogP contribution in [0.2, 0.25) is 0 Å². The molecule has 0 atom stereocenters. The number of fused-ring (bicyclic) bond motifs is 1. The lowest BCUT2D eigenvalue weighted by atomic mass is 9.71. The van der Waals surface area contributed by atoms with Gasteiger partial charge >= 0.3 is 0 Å². The van der Waals surface area contributed by atoms with Crippen molar-refractivity contribution in [2.45, 2.75) is 5.41 Å². The Kier molecular flexibility index (Phi) is 5.09. The number of carbonyl (C=O) groups is 2. The molecule has 5 rings (SSSR count). The predicted molar refractivity (Wildman–Crippen MR) is 125 cm³/mol. The fourth-order valence-electron chi connectivity index (χ4n) is 4.04. The van der Waals surface area contributed by atoms with E-state index in [2.05, 4.69) is 20.8 Å². The standard InChI is InChI=1S/C25H18N4O2S/c30-23(29-27-15-17-11-13-26-14-12-17)22-21-20(16-32-22)25(24(31)28-21,18-7-3-1-4-8-18)19-9-5-2-6-10-19/h1-16H,(H,28,31)(H,29,30)/b27-15+. The van der Waals surface area contributed by atoms with Crippen molar-refractivity contribution in [3.05, 3.63) is 118 Å². The molecule has 3 heterocycles. The Bertz CT molecular complexity index is 1260. The Morgan fingerprint density at radius 2 is 1.59 bits per heavy atom. The molecule has 32 heavy (non-hydrogen) atoms. The van der Waals surface area contributed by atoms with Gasteiger partial charge in [-0.05, 0) is 34.2 Å². The number of nitrogens with one attached hydrogen (secondary N) is 2. The molecule has 0 aliphatic carbocycles. The molecule has 4 aromatic rings. The number of hydrazone groups is 1. The molecule has 6 nitrogen and oxygen atoms in total. The fraction of sp³-hybridized carbons (Fsp3) is 0.0400. The summed E-state index contributed by atoms with van der Waals surface area (Å²) in [4.78, 5) is 30.7. The molecule has 2 aromatic heterocycles. The first-order valence-electron chi connectivity index (χ1n) is 9.99. The zero-order valence-corrected chi connectivity index (χ0v) is 17.7. The van der Waals surface area contributed by atoms with Crippen LogP contribution >= 0.6 is 11.3 Å². The second-order valence-corrected chi connectivity index (χ2v) is 8.15. The van der Waals surface area contributed by atoms with Crippen LogP contribution in [0, 0.1) is 0 Å². The number of rotatable bonds is 5. The maximum Gasteiger partial charge on any atom is 0.283 e. The molecule has 0 radical (unpaired) electrons. The highest BCUT2D eigenvalue weighted by molar-refractivity contribution is 7.13. The number of aromatic nitrogens is 1. The van der Waals surface area contributed by atoms with E-state index in [0.717, 1.165) is 22.3 Å². The van der Waals surface area contributed by atoms with Crippen molar-refractivity contribution in [2.75, 3.05) is 5.32 Å². The van der Waals surface area contributed by atoms with E-state index in [0.29, 0.717) is 10.6 Å². The Morgan fingerprint density at radius 3 is 2.22 bits per heavy atom. The van der Waals surface area contributed by atoms with E-state index in [1.165, 1.54) is 11.3 Å². The van der Waals surface area contributed by atoms with Crippen LogP contribution in [0.25, 0.3) is 0 Å². The summed E-state index contributed by atoms with van der Waals surface area (Å²) >= 11 is 1.29. The van der Waals surface area contributed by atoms with Gasteiger partial charge in [-0.1, -0.05) is 60.7 Å². The highest BCUT2D eigenvalue weighted by Gasteiger charge is 2.51. The average molecular weight is 439 g/mol. The maximum atomic E-state index is 13.5. The Morgan fingerprint density at radius 1 is 0.969 bits per heavy atom. The minimum Gasteiger partial charge on any atom is -0.323 e. The monoisotopic (exact) mass is 438 g/mol. The first-order valence-corrected chi connectivity index (χ1v) is 10.9. The van der Waals surface area contributed by atoms with Crippen molar-refractivity contribution in [3.8, 4) is 0 Å². The van der Waals surface area contributed by atoms with E-state index in [-0.39, 0.29) is 11.8 Å². The van der Waals surface area contributed by atoms with E-state index in [4.69, 9.17) is 0 Å². The second-order valence-electron chi connectivity index (χ2n) is 7.27. The van der Waals surface area contributed by atoms with Crippen molar-refractivity contribution < 1.29 is 9.59 Å². The van der Waals surface area contributed by atoms with Crippen LogP contribution in [-0.2, 0) is 10.2 Å². The number of benzene rings is 2. The summed E-state index contributed by atoms with van der Waals surface area (Å²) in [7, 11) is 0. The lowest BCUT2D eigenvalue weighted by molar-refractivity contribution is -0.118. The summed E-state index contributed by atoms with van der Waals surface area (Å²) in [6.07, 6.45) is 4.85. The van der Waals surface area contributed by atoms with E-state index in [9.17, 15) is 9.59 Å². The second kappa shape index (κ2) is 8.20. The summed E-state index contributed by atoms with van der Waals surface area (Å²) in [5, 5.41) is 8.89. The molecule has 2 amide bonds. The van der Waals surface area contributed by atoms with Crippen molar-refractivity contribution in [1.29, 1.82) is 0 Å². The zero-order valence-electron chi connectivity index (χ0n) is 16.9. The molecule has 156 valence electrons. The number of thiophene rings is 1. The third-order valence-corrected chi connectivity index (χ3v) is 6.46. The highest BCUT2D eigenvalue weighted by atomic mass is 32.1. The zero-order chi connectivity index (χ0) is 22.0. The summed E-state index contributed by atoms with van der Waals surface area (Å²) in [6, 6.07) is 22.8. The fourth-order valence-corrected chi connectivity index (χ4v) is 5.00. The van der Waals surface area contributed by atoms with Gasteiger partial charge in [0.05, 0.1) is 11.9 Å². The van der Waals surface area contributed by atoms with E-state index in [1.54, 1.807) is 30.7 Å². The molecule has 7 heteroatoms. The normalized spacial score (nSPS) is 14.2. The number of hydrogen-bond acceptors (Lipinski definition) is 5. The summed E-state index contributed by atoms with van der Waals surface area (Å²) in [5.74, 6) is -0.555. The van der Waals surface area contributed by atoms with Crippen LogP contribution in [0.1, 0.15) is 31.9 Å². The number of carbonyl (C=O) groups excluding carboxylic acids is 2. The summed E-state index contributed by atoms with van der Waals surface area (Å²) in [5.41, 5.74) is 5.35. The van der Waals surface area contributed by atoms with Gasteiger partial charge in [0.2, 0.25) is 5.91 Å². The highest BCUT2D eigenvalue weighted by Crippen LogP contribution is 2.50. The first kappa shape index (κ1) is 19.8. The molecular formula is C25H18N4O2S. The molecular weight excluding hydrogens is 420 g/mol. The number of pyridine rings is 1. The number of anilines is 1. The van der Waals surface area contributed by atoms with Crippen LogP contribution in [-0.4, -0.2) is 23.0 Å². The molecule has 1 aliphatic heterocycles. The number of amides is 2. The molecule has 0 spiro atoms. The summed E-state index contributed by atoms with van der Waals surface area (Å²) < 4.78 is 0. The van der Waals surface area contributed by atoms with E-state index >= 15 is 0 Å². The lowest BCUT2D eigenvalue weighted by Gasteiger charge is -2.28. The predicted octanol–water partition coefficient (Wildman–Crippen LogP) is 4.19. The molecule has 0 saturated carbocycles.